The van der Waals surface area contributed by atoms with Gasteiger partial charge in [0.1, 0.15) is 11.6 Å². The Hall–Kier alpha value is -1.97. The summed E-state index contributed by atoms with van der Waals surface area (Å²) in [6, 6.07) is 10.6. The third-order valence-electron chi connectivity index (χ3n) is 4.23. The zero-order valence-electron chi connectivity index (χ0n) is 11.8. The van der Waals surface area contributed by atoms with E-state index in [1.165, 1.54) is 18.4 Å². The number of nitrogens with two attached hydrogens (primary N) is 1. The molecule has 2 aromatic rings. The highest BCUT2D eigenvalue weighted by Crippen LogP contribution is 2.44. The molecule has 1 aliphatic carbocycles. The molecule has 4 nitrogen and oxygen atoms in total. The summed E-state index contributed by atoms with van der Waals surface area (Å²) in [6.07, 6.45) is 5.38. The van der Waals surface area contributed by atoms with Gasteiger partial charge >= 0.3 is 0 Å². The molecule has 1 aromatic heterocycles. The highest BCUT2D eigenvalue weighted by atomic mass is 15.1. The van der Waals surface area contributed by atoms with E-state index in [4.69, 9.17) is 5.73 Å². The van der Waals surface area contributed by atoms with E-state index in [0.29, 0.717) is 5.95 Å². The zero-order valence-corrected chi connectivity index (χ0v) is 11.8. The average Bonchev–Trinajstić information content (AvgIpc) is 2.98. The van der Waals surface area contributed by atoms with Crippen molar-refractivity contribution in [1.29, 1.82) is 0 Å². The molecule has 1 aliphatic rings. The van der Waals surface area contributed by atoms with Crippen molar-refractivity contribution in [2.75, 3.05) is 5.73 Å². The smallest absolute Gasteiger partial charge is 0.223 e. The first-order valence-electron chi connectivity index (χ1n) is 7.31. The summed E-state index contributed by atoms with van der Waals surface area (Å²) in [5.74, 6) is 1.98. The van der Waals surface area contributed by atoms with Crippen LogP contribution >= 0.6 is 0 Å². The highest BCUT2D eigenvalue weighted by Gasteiger charge is 2.40. The molecule has 20 heavy (non-hydrogen) atoms. The minimum atomic E-state index is -0.0811. The summed E-state index contributed by atoms with van der Waals surface area (Å²) in [5.41, 5.74) is 7.09. The molecular weight excluding hydrogens is 248 g/mol. The van der Waals surface area contributed by atoms with Crippen LogP contribution in [0.3, 0.4) is 0 Å². The molecule has 0 bridgehead atoms. The first-order chi connectivity index (χ1) is 9.74. The third kappa shape index (κ3) is 2.15. The number of hydrogen-bond donors (Lipinski definition) is 1. The van der Waals surface area contributed by atoms with E-state index < -0.39 is 0 Å². The molecule has 0 radical (unpaired) electrons. The van der Waals surface area contributed by atoms with Gasteiger partial charge in [0.25, 0.3) is 0 Å². The topological polar surface area (TPSA) is 64.7 Å². The van der Waals surface area contributed by atoms with Crippen LogP contribution in [0.4, 0.5) is 5.95 Å². The van der Waals surface area contributed by atoms with Crippen molar-refractivity contribution in [1.82, 2.24) is 15.0 Å². The van der Waals surface area contributed by atoms with E-state index in [9.17, 15) is 0 Å². The molecule has 1 saturated carbocycles. The van der Waals surface area contributed by atoms with Gasteiger partial charge in [0.05, 0.1) is 5.41 Å². The van der Waals surface area contributed by atoms with Crippen LogP contribution in [0.2, 0.25) is 0 Å². The van der Waals surface area contributed by atoms with Crippen LogP contribution in [0.25, 0.3) is 0 Å². The van der Waals surface area contributed by atoms with Crippen molar-refractivity contribution < 1.29 is 0 Å². The van der Waals surface area contributed by atoms with E-state index in [1.54, 1.807) is 0 Å². The first kappa shape index (κ1) is 13.0. The molecule has 0 saturated heterocycles. The van der Waals surface area contributed by atoms with E-state index in [1.807, 2.05) is 13.0 Å². The van der Waals surface area contributed by atoms with Gasteiger partial charge in [-0.2, -0.15) is 9.97 Å². The Morgan fingerprint density at radius 2 is 1.75 bits per heavy atom. The van der Waals surface area contributed by atoms with Crippen LogP contribution in [-0.4, -0.2) is 15.0 Å². The maximum Gasteiger partial charge on any atom is 0.223 e. The standard InChI is InChI=1S/C16H20N4/c1-2-13-18-14(20-15(17)19-13)16(10-6-7-11-16)12-8-4-3-5-9-12/h3-5,8-9H,2,6-7,10-11H2,1H3,(H2,17,18,19,20). The SMILES string of the molecule is CCc1nc(N)nc(C2(c3ccccc3)CCCC2)n1. The largest absolute Gasteiger partial charge is 0.368 e. The van der Waals surface area contributed by atoms with Crippen LogP contribution in [0.15, 0.2) is 30.3 Å². The molecule has 2 N–H and O–H groups in total. The number of nitrogen functional groups attached to an aromatic ring is 1. The maximum atomic E-state index is 5.88. The predicted octanol–water partition coefficient (Wildman–Crippen LogP) is 2.88. The molecule has 1 heterocycles. The fourth-order valence-electron chi connectivity index (χ4n) is 3.19. The molecule has 0 unspecified atom stereocenters. The van der Waals surface area contributed by atoms with Crippen LogP contribution in [0, 0.1) is 0 Å². The van der Waals surface area contributed by atoms with Gasteiger partial charge in [-0.05, 0) is 18.4 Å². The fourth-order valence-corrected chi connectivity index (χ4v) is 3.19. The summed E-state index contributed by atoms with van der Waals surface area (Å²) in [5, 5.41) is 0. The van der Waals surface area contributed by atoms with E-state index in [2.05, 4.69) is 39.2 Å². The maximum absolute atomic E-state index is 5.88. The van der Waals surface area contributed by atoms with Crippen LogP contribution in [-0.2, 0) is 11.8 Å². The van der Waals surface area contributed by atoms with Gasteiger partial charge < -0.3 is 5.73 Å². The lowest BCUT2D eigenvalue weighted by Gasteiger charge is -2.28. The van der Waals surface area contributed by atoms with Gasteiger partial charge in [0.2, 0.25) is 5.95 Å². The van der Waals surface area contributed by atoms with Crippen molar-refractivity contribution >= 4 is 5.95 Å². The Kier molecular flexibility index (Phi) is 3.38. The van der Waals surface area contributed by atoms with E-state index in [0.717, 1.165) is 30.9 Å². The Labute approximate surface area is 119 Å². The second-order valence-corrected chi connectivity index (χ2v) is 5.44. The molecule has 0 amide bonds. The first-order valence-corrected chi connectivity index (χ1v) is 7.31. The number of rotatable bonds is 3. The van der Waals surface area contributed by atoms with E-state index in [-0.39, 0.29) is 5.41 Å². The molecule has 0 spiro atoms. The molecule has 104 valence electrons. The molecule has 3 rings (SSSR count). The van der Waals surface area contributed by atoms with Gasteiger partial charge in [-0.25, -0.2) is 4.98 Å². The summed E-state index contributed by atoms with van der Waals surface area (Å²) in [7, 11) is 0. The van der Waals surface area contributed by atoms with Crippen LogP contribution < -0.4 is 5.73 Å². The average molecular weight is 268 g/mol. The lowest BCUT2D eigenvalue weighted by Crippen LogP contribution is -2.28. The molecular formula is C16H20N4. The summed E-state index contributed by atoms with van der Waals surface area (Å²) in [6.45, 7) is 2.04. The van der Waals surface area contributed by atoms with Crippen molar-refractivity contribution in [2.45, 2.75) is 44.4 Å². The summed E-state index contributed by atoms with van der Waals surface area (Å²) >= 11 is 0. The summed E-state index contributed by atoms with van der Waals surface area (Å²) < 4.78 is 0. The van der Waals surface area contributed by atoms with Gasteiger partial charge in [-0.15, -0.1) is 0 Å². The Bertz CT molecular complexity index is 589. The molecule has 0 aliphatic heterocycles. The predicted molar refractivity (Wildman–Crippen MR) is 79.3 cm³/mol. The second-order valence-electron chi connectivity index (χ2n) is 5.44. The lowest BCUT2D eigenvalue weighted by molar-refractivity contribution is 0.494. The van der Waals surface area contributed by atoms with E-state index >= 15 is 0 Å². The summed E-state index contributed by atoms with van der Waals surface area (Å²) in [4.78, 5) is 13.4. The highest BCUT2D eigenvalue weighted by molar-refractivity contribution is 5.35. The Morgan fingerprint density at radius 1 is 1.05 bits per heavy atom. The molecule has 4 heteroatoms. The van der Waals surface area contributed by atoms with Gasteiger partial charge in [0.15, 0.2) is 0 Å². The number of aromatic nitrogens is 3. The second kappa shape index (κ2) is 5.19. The van der Waals surface area contributed by atoms with Gasteiger partial charge in [-0.1, -0.05) is 50.1 Å². The number of nitrogens with zero attached hydrogens (tertiary/aromatic N) is 3. The van der Waals surface area contributed by atoms with Gasteiger partial charge in [-0.3, -0.25) is 0 Å². The fraction of sp³-hybridized carbons (Fsp3) is 0.438. The Morgan fingerprint density at radius 3 is 2.40 bits per heavy atom. The minimum Gasteiger partial charge on any atom is -0.368 e. The van der Waals surface area contributed by atoms with Crippen molar-refractivity contribution in [3.63, 3.8) is 0 Å². The number of benzene rings is 1. The zero-order chi connectivity index (χ0) is 14.0. The normalized spacial score (nSPS) is 17.2. The van der Waals surface area contributed by atoms with Crippen molar-refractivity contribution in [2.24, 2.45) is 0 Å². The van der Waals surface area contributed by atoms with Crippen molar-refractivity contribution in [3.05, 3.63) is 47.5 Å². The third-order valence-corrected chi connectivity index (χ3v) is 4.23. The minimum absolute atomic E-state index is 0.0811. The quantitative estimate of drug-likeness (QED) is 0.929. The molecule has 0 atom stereocenters. The van der Waals surface area contributed by atoms with Crippen LogP contribution in [0.5, 0.6) is 0 Å². The van der Waals surface area contributed by atoms with Crippen molar-refractivity contribution in [3.8, 4) is 0 Å². The number of anilines is 1. The lowest BCUT2D eigenvalue weighted by atomic mass is 9.78. The Balaban J connectivity index is 2.14. The number of hydrogen-bond acceptors (Lipinski definition) is 4. The molecule has 1 aromatic carbocycles. The number of aryl methyl sites for hydroxylation is 1. The molecule has 1 fully saturated rings. The van der Waals surface area contributed by atoms with Crippen LogP contribution in [0.1, 0.15) is 49.8 Å². The van der Waals surface area contributed by atoms with Gasteiger partial charge in [0, 0.05) is 6.42 Å². The monoisotopic (exact) mass is 268 g/mol.